The molecule has 0 fully saturated rings. The molecule has 2 rings (SSSR count). The Kier molecular flexibility index (Phi) is 5.46. The molecule has 6 heteroatoms. The fraction of sp³-hybridized carbons (Fsp3) is 0.118. The summed E-state index contributed by atoms with van der Waals surface area (Å²) in [6.07, 6.45) is 4.14. The second-order valence-electron chi connectivity index (χ2n) is 4.70. The van der Waals surface area contributed by atoms with Gasteiger partial charge in [-0.1, -0.05) is 18.7 Å². The topological polar surface area (TPSA) is 80.3 Å². The monoisotopic (exact) mass is 311 g/mol. The Morgan fingerprint density at radius 1 is 1.22 bits per heavy atom. The Bertz CT molecular complexity index is 711. The summed E-state index contributed by atoms with van der Waals surface area (Å²) in [4.78, 5) is 26.5. The molecule has 2 amide bonds. The van der Waals surface area contributed by atoms with Gasteiger partial charge in [0.15, 0.2) is 0 Å². The van der Waals surface area contributed by atoms with Crippen molar-refractivity contribution >= 4 is 17.7 Å². The van der Waals surface area contributed by atoms with E-state index in [9.17, 15) is 9.59 Å². The Balaban J connectivity index is 2.10. The first kappa shape index (κ1) is 16.2. The number of nitrogens with one attached hydrogen (secondary N) is 2. The van der Waals surface area contributed by atoms with E-state index in [2.05, 4.69) is 26.9 Å². The average Bonchev–Trinajstić information content (AvgIpc) is 2.60. The van der Waals surface area contributed by atoms with Gasteiger partial charge in [0.25, 0.3) is 0 Å². The summed E-state index contributed by atoms with van der Waals surface area (Å²) in [5.74, 6) is -0.228. The van der Waals surface area contributed by atoms with Crippen molar-refractivity contribution in [1.82, 2.24) is 10.3 Å². The summed E-state index contributed by atoms with van der Waals surface area (Å²) in [7, 11) is 1.31. The van der Waals surface area contributed by atoms with Gasteiger partial charge in [0.2, 0.25) is 5.91 Å². The van der Waals surface area contributed by atoms with Crippen LogP contribution in [-0.2, 0) is 16.1 Å². The quantitative estimate of drug-likeness (QED) is 0.832. The number of rotatable bonds is 5. The first-order valence-corrected chi connectivity index (χ1v) is 6.92. The van der Waals surface area contributed by atoms with E-state index in [1.165, 1.54) is 13.2 Å². The van der Waals surface area contributed by atoms with Gasteiger partial charge >= 0.3 is 6.09 Å². The molecule has 0 saturated carbocycles. The number of methoxy groups -OCH3 is 1. The van der Waals surface area contributed by atoms with Crippen molar-refractivity contribution in [3.8, 4) is 11.1 Å². The van der Waals surface area contributed by atoms with E-state index in [1.54, 1.807) is 24.5 Å². The zero-order valence-electron chi connectivity index (χ0n) is 12.7. The number of amides is 2. The Morgan fingerprint density at radius 2 is 1.96 bits per heavy atom. The second-order valence-corrected chi connectivity index (χ2v) is 4.70. The first-order chi connectivity index (χ1) is 11.1. The molecular weight excluding hydrogens is 294 g/mol. The van der Waals surface area contributed by atoms with E-state index in [0.29, 0.717) is 12.2 Å². The number of carbonyl (C=O) groups excluding carboxylic acids is 2. The van der Waals surface area contributed by atoms with Crippen molar-refractivity contribution in [3.05, 3.63) is 60.9 Å². The number of ether oxygens (including phenoxy) is 1. The first-order valence-electron chi connectivity index (χ1n) is 6.92. The standard InChI is InChI=1S/C17H17N3O3/c1-3-16(21)19-10-12-8-14(11-18-9-12)13-4-6-15(7-5-13)20-17(22)23-2/h3-9,11H,1,10H2,2H3,(H,19,21)(H,20,22). The third-order valence-corrected chi connectivity index (χ3v) is 3.10. The summed E-state index contributed by atoms with van der Waals surface area (Å²) < 4.78 is 4.54. The fourth-order valence-electron chi connectivity index (χ4n) is 1.92. The number of hydrogen-bond acceptors (Lipinski definition) is 4. The predicted molar refractivity (Wildman–Crippen MR) is 87.7 cm³/mol. The molecule has 0 radical (unpaired) electrons. The van der Waals surface area contributed by atoms with Crippen LogP contribution in [0.4, 0.5) is 10.5 Å². The molecule has 0 saturated heterocycles. The molecule has 0 spiro atoms. The molecule has 0 bridgehead atoms. The van der Waals surface area contributed by atoms with Crippen LogP contribution in [0.1, 0.15) is 5.56 Å². The molecule has 0 aliphatic carbocycles. The lowest BCUT2D eigenvalue weighted by atomic mass is 10.1. The molecule has 2 N–H and O–H groups in total. The minimum absolute atomic E-state index is 0.228. The molecular formula is C17H17N3O3. The van der Waals surface area contributed by atoms with Crippen LogP contribution >= 0.6 is 0 Å². The van der Waals surface area contributed by atoms with Gasteiger partial charge in [-0.2, -0.15) is 0 Å². The summed E-state index contributed by atoms with van der Waals surface area (Å²) in [5, 5.41) is 5.29. The van der Waals surface area contributed by atoms with Gasteiger partial charge < -0.3 is 10.1 Å². The molecule has 0 atom stereocenters. The van der Waals surface area contributed by atoms with E-state index in [-0.39, 0.29) is 5.91 Å². The van der Waals surface area contributed by atoms with Crippen LogP contribution in [0.2, 0.25) is 0 Å². The number of benzene rings is 1. The van der Waals surface area contributed by atoms with Gasteiger partial charge in [0.05, 0.1) is 7.11 Å². The molecule has 118 valence electrons. The van der Waals surface area contributed by atoms with Crippen LogP contribution < -0.4 is 10.6 Å². The van der Waals surface area contributed by atoms with E-state index >= 15 is 0 Å². The molecule has 6 nitrogen and oxygen atoms in total. The van der Waals surface area contributed by atoms with Crippen molar-refractivity contribution < 1.29 is 14.3 Å². The number of nitrogens with zero attached hydrogens (tertiary/aromatic N) is 1. The Labute approximate surface area is 134 Å². The lowest BCUT2D eigenvalue weighted by Crippen LogP contribution is -2.19. The molecule has 0 aliphatic heterocycles. The zero-order chi connectivity index (χ0) is 16.7. The van der Waals surface area contributed by atoms with Crippen LogP contribution in [0.15, 0.2) is 55.4 Å². The highest BCUT2D eigenvalue weighted by Gasteiger charge is 2.04. The third kappa shape index (κ3) is 4.67. The molecule has 23 heavy (non-hydrogen) atoms. The predicted octanol–water partition coefficient (Wildman–Crippen LogP) is 2.73. The number of carbonyl (C=O) groups is 2. The normalized spacial score (nSPS) is 9.78. The van der Waals surface area contributed by atoms with Crippen molar-refractivity contribution in [1.29, 1.82) is 0 Å². The molecule has 1 heterocycles. The van der Waals surface area contributed by atoms with Crippen molar-refractivity contribution in [3.63, 3.8) is 0 Å². The van der Waals surface area contributed by atoms with Crippen molar-refractivity contribution in [2.75, 3.05) is 12.4 Å². The Hall–Kier alpha value is -3.15. The lowest BCUT2D eigenvalue weighted by molar-refractivity contribution is -0.116. The highest BCUT2D eigenvalue weighted by Crippen LogP contribution is 2.21. The van der Waals surface area contributed by atoms with Gasteiger partial charge in [0, 0.05) is 30.2 Å². The zero-order valence-corrected chi connectivity index (χ0v) is 12.7. The minimum Gasteiger partial charge on any atom is -0.453 e. The maximum atomic E-state index is 11.2. The molecule has 0 unspecified atom stereocenters. The average molecular weight is 311 g/mol. The molecule has 1 aromatic heterocycles. The van der Waals surface area contributed by atoms with Gasteiger partial charge in [-0.3, -0.25) is 15.1 Å². The van der Waals surface area contributed by atoms with Crippen molar-refractivity contribution in [2.45, 2.75) is 6.54 Å². The number of aromatic nitrogens is 1. The van der Waals surface area contributed by atoms with Crippen LogP contribution in [0, 0.1) is 0 Å². The Morgan fingerprint density at radius 3 is 2.61 bits per heavy atom. The molecule has 0 aliphatic rings. The van der Waals surface area contributed by atoms with Crippen LogP contribution in [0.5, 0.6) is 0 Å². The van der Waals surface area contributed by atoms with Crippen LogP contribution in [-0.4, -0.2) is 24.1 Å². The number of anilines is 1. The molecule has 1 aromatic carbocycles. The number of pyridine rings is 1. The van der Waals surface area contributed by atoms with Gasteiger partial charge in [0.1, 0.15) is 0 Å². The van der Waals surface area contributed by atoms with Crippen molar-refractivity contribution in [2.24, 2.45) is 0 Å². The largest absolute Gasteiger partial charge is 0.453 e. The minimum atomic E-state index is -0.514. The van der Waals surface area contributed by atoms with E-state index in [4.69, 9.17) is 0 Å². The van der Waals surface area contributed by atoms with Gasteiger partial charge in [-0.25, -0.2) is 4.79 Å². The van der Waals surface area contributed by atoms with Crippen LogP contribution in [0.25, 0.3) is 11.1 Å². The fourth-order valence-corrected chi connectivity index (χ4v) is 1.92. The van der Waals surface area contributed by atoms with E-state index < -0.39 is 6.09 Å². The highest BCUT2D eigenvalue weighted by molar-refractivity contribution is 5.86. The van der Waals surface area contributed by atoms with Gasteiger partial charge in [-0.05, 0) is 35.4 Å². The van der Waals surface area contributed by atoms with E-state index in [0.717, 1.165) is 16.7 Å². The highest BCUT2D eigenvalue weighted by atomic mass is 16.5. The second kappa shape index (κ2) is 7.74. The summed E-state index contributed by atoms with van der Waals surface area (Å²) >= 11 is 0. The summed E-state index contributed by atoms with van der Waals surface area (Å²) in [6.45, 7) is 3.79. The smallest absolute Gasteiger partial charge is 0.411 e. The third-order valence-electron chi connectivity index (χ3n) is 3.10. The maximum absolute atomic E-state index is 11.2. The molecule has 2 aromatic rings. The van der Waals surface area contributed by atoms with E-state index in [1.807, 2.05) is 18.2 Å². The summed E-state index contributed by atoms with van der Waals surface area (Å²) in [6, 6.07) is 9.23. The summed E-state index contributed by atoms with van der Waals surface area (Å²) in [5.41, 5.74) is 3.39. The van der Waals surface area contributed by atoms with Gasteiger partial charge in [-0.15, -0.1) is 0 Å². The van der Waals surface area contributed by atoms with Crippen LogP contribution in [0.3, 0.4) is 0 Å². The maximum Gasteiger partial charge on any atom is 0.411 e. The SMILES string of the molecule is C=CC(=O)NCc1cncc(-c2ccc(NC(=O)OC)cc2)c1. The lowest BCUT2D eigenvalue weighted by Gasteiger charge is -2.07. The number of hydrogen-bond donors (Lipinski definition) is 2.